The molecule has 0 radical (unpaired) electrons. The first-order valence-corrected chi connectivity index (χ1v) is 25.4. The molecule has 0 spiro atoms. The number of hydrogen-bond donors (Lipinski definition) is 4. The van der Waals surface area contributed by atoms with Gasteiger partial charge in [0.25, 0.3) is 0 Å². The van der Waals surface area contributed by atoms with Crippen LogP contribution in [-0.2, 0) is 31.6 Å². The van der Waals surface area contributed by atoms with E-state index in [-0.39, 0.29) is 86.4 Å². The molecule has 2 aromatic heterocycles. The van der Waals surface area contributed by atoms with Gasteiger partial charge in [-0.15, -0.1) is 0 Å². The van der Waals surface area contributed by atoms with E-state index in [0.717, 1.165) is 33.9 Å². The third kappa shape index (κ3) is 16.4. The fourth-order valence-electron chi connectivity index (χ4n) is 7.75. The number of hydrogen-bond acceptors (Lipinski definition) is 10. The molecule has 2 unspecified atom stereocenters. The zero-order valence-electron chi connectivity index (χ0n) is 39.0. The minimum Gasteiger partial charge on any atom is -0.550 e. The Morgan fingerprint density at radius 3 is 1.16 bits per heavy atom. The summed E-state index contributed by atoms with van der Waals surface area (Å²) in [4.78, 5) is 42.2. The molecule has 14 nitrogen and oxygen atoms in total. The molecule has 4 aromatic carbocycles. The number of aliphatic hydroxyl groups excluding tert-OH is 2. The SMILES string of the molecule is CC(C)c1c(CCP(=O)(O)C[C@@H](O)CC(=O)[O-])c(-c2ccc(F)cc2)nn1-c1ccccc1.CC(C)c1c(CCP(=O)(O)C[C@@H](O)CC(=O)[O-])c(-c2ccc(F)cc2)nn1-c1ccccc1.[Li+].[Li+]. The number of halogens is 2. The largest absolute Gasteiger partial charge is 1.00 e. The number of carbonyl (C=O) groups is 2. The van der Waals surface area contributed by atoms with Crippen LogP contribution >= 0.6 is 14.7 Å². The normalized spacial score (nSPS) is 13.8. The summed E-state index contributed by atoms with van der Waals surface area (Å²) in [5, 5.41) is 50.5. The molecule has 6 aromatic rings. The van der Waals surface area contributed by atoms with Crippen molar-refractivity contribution in [3.8, 4) is 33.9 Å². The smallest absolute Gasteiger partial charge is 0.550 e. The van der Waals surface area contributed by atoms with Crippen LogP contribution in [0.3, 0.4) is 0 Å². The molecular weight excluding hydrogens is 906 g/mol. The molecule has 2 heterocycles. The van der Waals surface area contributed by atoms with Gasteiger partial charge >= 0.3 is 37.7 Å². The van der Waals surface area contributed by atoms with Gasteiger partial charge in [0.1, 0.15) is 11.6 Å². The van der Waals surface area contributed by atoms with Crippen molar-refractivity contribution in [3.63, 3.8) is 0 Å². The fourth-order valence-corrected chi connectivity index (χ4v) is 10.8. The van der Waals surface area contributed by atoms with Gasteiger partial charge in [0, 0.05) is 59.4 Å². The third-order valence-electron chi connectivity index (χ3n) is 10.6. The van der Waals surface area contributed by atoms with E-state index in [0.29, 0.717) is 22.5 Å². The van der Waals surface area contributed by atoms with Crippen molar-refractivity contribution in [2.45, 2.75) is 77.4 Å². The maximum absolute atomic E-state index is 13.5. The van der Waals surface area contributed by atoms with Crippen molar-refractivity contribution in [1.29, 1.82) is 0 Å². The van der Waals surface area contributed by atoms with E-state index >= 15 is 0 Å². The van der Waals surface area contributed by atoms with E-state index in [1.807, 2.05) is 88.4 Å². The molecule has 20 heteroatoms. The third-order valence-corrected chi connectivity index (χ3v) is 14.4. The molecule has 0 aliphatic rings. The summed E-state index contributed by atoms with van der Waals surface area (Å²) < 4.78 is 56.1. The second kappa shape index (κ2) is 26.0. The Morgan fingerprint density at radius 1 is 0.574 bits per heavy atom. The van der Waals surface area contributed by atoms with E-state index in [4.69, 9.17) is 10.2 Å². The second-order valence-electron chi connectivity index (χ2n) is 16.7. The predicted octanol–water partition coefficient (Wildman–Crippen LogP) is 0.239. The van der Waals surface area contributed by atoms with E-state index in [2.05, 4.69) is 0 Å². The summed E-state index contributed by atoms with van der Waals surface area (Å²) in [5.41, 5.74) is 7.38. The number of nitrogens with zero attached hydrogens (tertiary/aromatic N) is 4. The zero-order chi connectivity index (χ0) is 48.3. The van der Waals surface area contributed by atoms with Crippen LogP contribution < -0.4 is 47.9 Å². The van der Waals surface area contributed by atoms with Crippen LogP contribution in [0.2, 0.25) is 0 Å². The number of rotatable bonds is 20. The van der Waals surface area contributed by atoms with Crippen LogP contribution in [0.1, 0.15) is 74.9 Å². The monoisotopic (exact) mass is 960 g/mol. The number of carboxylic acids is 2. The summed E-state index contributed by atoms with van der Waals surface area (Å²) >= 11 is 0. The predicted molar refractivity (Wildman–Crippen MR) is 244 cm³/mol. The van der Waals surface area contributed by atoms with Crippen LogP contribution in [0.4, 0.5) is 8.78 Å². The van der Waals surface area contributed by atoms with Crippen molar-refractivity contribution < 1.29 is 95.4 Å². The standard InChI is InChI=1S/2C24H28FN2O5P.2Li/c2*1-16(2)24-21(12-13-33(31,32)15-20(28)14-22(29)30)23(17-8-10-18(25)11-9-17)26-27(24)19-6-4-3-5-7-19;;/h2*3-11,16,20,28H,12-15H2,1-2H3,(H,29,30)(H,31,32);;/q;;2*+1/p-2/t2*20-;;/m00../s1. The van der Waals surface area contributed by atoms with Gasteiger partial charge in [-0.3, -0.25) is 9.13 Å². The number of aliphatic carboxylic acids is 2. The molecule has 68 heavy (non-hydrogen) atoms. The van der Waals surface area contributed by atoms with Crippen LogP contribution in [0, 0.1) is 11.6 Å². The maximum atomic E-state index is 13.5. The molecular formula is C48H54F2Li2N4O10P2. The van der Waals surface area contributed by atoms with Crippen molar-refractivity contribution >= 4 is 26.7 Å². The molecule has 0 aliphatic carbocycles. The molecule has 0 aliphatic heterocycles. The van der Waals surface area contributed by atoms with Gasteiger partial charge < -0.3 is 39.8 Å². The quantitative estimate of drug-likeness (QED) is 0.0596. The average Bonchev–Trinajstić information content (AvgIpc) is 3.83. The molecule has 4 N–H and O–H groups in total. The maximum Gasteiger partial charge on any atom is 1.00 e. The Morgan fingerprint density at radius 2 is 0.882 bits per heavy atom. The van der Waals surface area contributed by atoms with Crippen molar-refractivity contribution in [2.24, 2.45) is 0 Å². The number of benzene rings is 4. The Labute approximate surface area is 418 Å². The number of aromatic nitrogens is 4. The Kier molecular flexibility index (Phi) is 22.1. The fraction of sp³-hybridized carbons (Fsp3) is 0.333. The average molecular weight is 961 g/mol. The Bertz CT molecular complexity index is 2490. The first-order valence-electron chi connectivity index (χ1n) is 21.4. The van der Waals surface area contributed by atoms with Crippen LogP contribution in [0.15, 0.2) is 109 Å². The van der Waals surface area contributed by atoms with Gasteiger partial charge in [-0.05, 0) is 97.5 Å². The molecule has 352 valence electrons. The summed E-state index contributed by atoms with van der Waals surface area (Å²) in [6.45, 7) is 7.99. The summed E-state index contributed by atoms with van der Waals surface area (Å²) in [5.74, 6) is -3.69. The van der Waals surface area contributed by atoms with Crippen molar-refractivity contribution in [2.75, 3.05) is 24.6 Å². The van der Waals surface area contributed by atoms with Crippen LogP contribution in [0.25, 0.3) is 33.9 Å². The zero-order valence-corrected chi connectivity index (χ0v) is 40.8. The topological polar surface area (TPSA) is 231 Å². The van der Waals surface area contributed by atoms with E-state index < -0.39 is 64.0 Å². The van der Waals surface area contributed by atoms with E-state index in [9.17, 15) is 57.7 Å². The first kappa shape index (κ1) is 57.9. The molecule has 6 rings (SSSR count). The van der Waals surface area contributed by atoms with Gasteiger partial charge in [0.05, 0.1) is 58.7 Å². The van der Waals surface area contributed by atoms with Gasteiger partial charge in [-0.2, -0.15) is 10.2 Å². The molecule has 4 atom stereocenters. The van der Waals surface area contributed by atoms with Gasteiger partial charge in [0.2, 0.25) is 14.7 Å². The van der Waals surface area contributed by atoms with Crippen LogP contribution in [0.5, 0.6) is 0 Å². The summed E-state index contributed by atoms with van der Waals surface area (Å²) in [6.07, 6.45) is -5.34. The molecule has 0 fully saturated rings. The number of carbonyl (C=O) groups excluding carboxylic acids is 2. The van der Waals surface area contributed by atoms with E-state index in [1.165, 1.54) is 24.3 Å². The number of para-hydroxylation sites is 2. The van der Waals surface area contributed by atoms with Crippen molar-refractivity contribution in [1.82, 2.24) is 19.6 Å². The molecule has 0 amide bonds. The Balaban J connectivity index is 0.000000350. The van der Waals surface area contributed by atoms with Gasteiger partial charge in [-0.1, -0.05) is 64.1 Å². The van der Waals surface area contributed by atoms with Gasteiger partial charge in [-0.25, -0.2) is 18.1 Å². The van der Waals surface area contributed by atoms with Gasteiger partial charge in [0.15, 0.2) is 0 Å². The molecule has 0 saturated carbocycles. The van der Waals surface area contributed by atoms with E-state index in [1.54, 1.807) is 33.6 Å². The first-order chi connectivity index (χ1) is 31.1. The minimum absolute atomic E-state index is 0. The Hall–Kier alpha value is -4.41. The molecule has 0 saturated heterocycles. The number of carboxylic acid groups (broad SMARTS) is 2. The summed E-state index contributed by atoms with van der Waals surface area (Å²) in [6, 6.07) is 30.8. The number of aliphatic hydroxyl groups is 2. The summed E-state index contributed by atoms with van der Waals surface area (Å²) in [7, 11) is -7.68. The minimum atomic E-state index is -3.84. The molecule has 0 bridgehead atoms. The van der Waals surface area contributed by atoms with Crippen molar-refractivity contribution in [3.05, 3.63) is 143 Å². The second-order valence-corrected chi connectivity index (χ2v) is 21.7. The van der Waals surface area contributed by atoms with Crippen LogP contribution in [-0.4, -0.2) is 88.4 Å².